The topological polar surface area (TPSA) is 49.3 Å². The summed E-state index contributed by atoms with van der Waals surface area (Å²) in [6, 6.07) is 5.69. The Bertz CT molecular complexity index is 577. The van der Waals surface area contributed by atoms with Gasteiger partial charge in [0, 0.05) is 22.8 Å². The van der Waals surface area contributed by atoms with Crippen LogP contribution in [0, 0.1) is 6.92 Å². The Morgan fingerprint density at radius 1 is 1.42 bits per heavy atom. The molecule has 6 heteroatoms. The van der Waals surface area contributed by atoms with Crippen LogP contribution in [0.5, 0.6) is 0 Å². The van der Waals surface area contributed by atoms with Gasteiger partial charge < -0.3 is 10.4 Å². The Morgan fingerprint density at radius 2 is 2.21 bits per heavy atom. The normalized spacial score (nSPS) is 10.8. The Labute approximate surface area is 124 Å². The van der Waals surface area contributed by atoms with Crippen molar-refractivity contribution in [3.8, 4) is 0 Å². The molecule has 2 rings (SSSR count). The van der Waals surface area contributed by atoms with Crippen molar-refractivity contribution in [2.45, 2.75) is 19.9 Å². The van der Waals surface area contributed by atoms with Crippen molar-refractivity contribution in [1.82, 2.24) is 5.32 Å². The van der Waals surface area contributed by atoms with E-state index in [1.807, 2.05) is 19.1 Å². The van der Waals surface area contributed by atoms with Gasteiger partial charge >= 0.3 is 5.97 Å². The van der Waals surface area contributed by atoms with Gasteiger partial charge in [0.05, 0.1) is 4.34 Å². The van der Waals surface area contributed by atoms with Gasteiger partial charge in [-0.1, -0.05) is 11.6 Å². The summed E-state index contributed by atoms with van der Waals surface area (Å²) < 4.78 is 0.815. The quantitative estimate of drug-likeness (QED) is 0.797. The fourth-order valence-electron chi connectivity index (χ4n) is 1.72. The van der Waals surface area contributed by atoms with Crippen molar-refractivity contribution in [3.05, 3.63) is 42.7 Å². The molecular weight excluding hydrogens is 302 g/mol. The lowest BCUT2D eigenvalue weighted by atomic mass is 10.2. The third-order valence-corrected chi connectivity index (χ3v) is 5.10. The fourth-order valence-corrected chi connectivity index (χ4v) is 3.69. The van der Waals surface area contributed by atoms with Crippen molar-refractivity contribution >= 4 is 40.2 Å². The first kappa shape index (κ1) is 14.5. The van der Waals surface area contributed by atoms with E-state index in [1.54, 1.807) is 17.4 Å². The van der Waals surface area contributed by atoms with E-state index in [4.69, 9.17) is 16.7 Å². The number of hydrogen-bond donors (Lipinski definition) is 2. The number of rotatable bonds is 6. The minimum atomic E-state index is -0.854. The summed E-state index contributed by atoms with van der Waals surface area (Å²) in [5.41, 5.74) is 1.06. The average Bonchev–Trinajstić information content (AvgIpc) is 2.92. The van der Waals surface area contributed by atoms with E-state index in [2.05, 4.69) is 5.32 Å². The molecular formula is C13H14ClNO2S2. The molecule has 102 valence electrons. The maximum atomic E-state index is 10.9. The summed E-state index contributed by atoms with van der Waals surface area (Å²) in [6.07, 6.45) is 0.937. The molecule has 2 aromatic heterocycles. The summed E-state index contributed by atoms with van der Waals surface area (Å²) in [4.78, 5) is 13.6. The number of nitrogens with one attached hydrogen (secondary N) is 1. The second-order valence-corrected chi connectivity index (χ2v) is 7.19. The molecule has 0 bridgehead atoms. The van der Waals surface area contributed by atoms with E-state index in [9.17, 15) is 4.79 Å². The fraction of sp³-hybridized carbons (Fsp3) is 0.308. The van der Waals surface area contributed by atoms with Crippen LogP contribution in [0.1, 0.15) is 25.0 Å². The van der Waals surface area contributed by atoms with E-state index in [-0.39, 0.29) is 0 Å². The molecule has 0 fully saturated rings. The Hall–Kier alpha value is -0.880. The van der Waals surface area contributed by atoms with Gasteiger partial charge in [0.25, 0.3) is 0 Å². The predicted octanol–water partition coefficient (Wildman–Crippen LogP) is 3.80. The van der Waals surface area contributed by atoms with E-state index in [0.717, 1.165) is 27.7 Å². The molecule has 0 aliphatic heterocycles. The first-order valence-electron chi connectivity index (χ1n) is 5.84. The number of halogens is 1. The lowest BCUT2D eigenvalue weighted by molar-refractivity contribution is 0.0702. The van der Waals surface area contributed by atoms with E-state index >= 15 is 0 Å². The summed E-state index contributed by atoms with van der Waals surface area (Å²) >= 11 is 8.79. The SMILES string of the molecule is Cc1sc(C(=O)O)cc1CNCCc1ccc(Cl)s1. The zero-order chi connectivity index (χ0) is 13.8. The molecule has 19 heavy (non-hydrogen) atoms. The number of thiophene rings is 2. The maximum absolute atomic E-state index is 10.9. The smallest absolute Gasteiger partial charge is 0.345 e. The third kappa shape index (κ3) is 4.04. The molecule has 3 nitrogen and oxygen atoms in total. The van der Waals surface area contributed by atoms with Crippen LogP contribution in [0.15, 0.2) is 18.2 Å². The highest BCUT2D eigenvalue weighted by Gasteiger charge is 2.10. The van der Waals surface area contributed by atoms with Crippen molar-refractivity contribution in [1.29, 1.82) is 0 Å². The number of carboxylic acids is 1. The van der Waals surface area contributed by atoms with E-state index in [0.29, 0.717) is 11.4 Å². The molecule has 2 aromatic rings. The minimum Gasteiger partial charge on any atom is -0.477 e. The second-order valence-electron chi connectivity index (χ2n) is 4.13. The Balaban J connectivity index is 1.81. The number of carboxylic acid groups (broad SMARTS) is 1. The summed E-state index contributed by atoms with van der Waals surface area (Å²) in [5.74, 6) is -0.854. The number of carbonyl (C=O) groups is 1. The van der Waals surface area contributed by atoms with Gasteiger partial charge in [-0.05, 0) is 37.1 Å². The predicted molar refractivity (Wildman–Crippen MR) is 80.8 cm³/mol. The summed E-state index contributed by atoms with van der Waals surface area (Å²) in [6.45, 7) is 3.51. The molecule has 0 atom stereocenters. The highest BCUT2D eigenvalue weighted by atomic mass is 35.5. The van der Waals surface area contributed by atoms with Crippen LogP contribution in [0.4, 0.5) is 0 Å². The van der Waals surface area contributed by atoms with E-state index < -0.39 is 5.97 Å². The molecule has 0 saturated carbocycles. The van der Waals surface area contributed by atoms with Gasteiger partial charge in [-0.2, -0.15) is 0 Å². The van der Waals surface area contributed by atoms with Crippen LogP contribution < -0.4 is 5.32 Å². The number of aryl methyl sites for hydroxylation is 1. The molecule has 2 heterocycles. The summed E-state index contributed by atoms with van der Waals surface area (Å²) in [7, 11) is 0. The zero-order valence-electron chi connectivity index (χ0n) is 10.4. The molecule has 0 aliphatic carbocycles. The number of aromatic carboxylic acids is 1. The van der Waals surface area contributed by atoms with Crippen LogP contribution >= 0.6 is 34.3 Å². The highest BCUT2D eigenvalue weighted by molar-refractivity contribution is 7.16. The van der Waals surface area contributed by atoms with Crippen molar-refractivity contribution in [2.75, 3.05) is 6.54 Å². The van der Waals surface area contributed by atoms with Gasteiger partial charge in [0.15, 0.2) is 0 Å². The molecule has 0 amide bonds. The van der Waals surface area contributed by atoms with Gasteiger partial charge in [-0.25, -0.2) is 4.79 Å². The lowest BCUT2D eigenvalue weighted by Crippen LogP contribution is -2.16. The zero-order valence-corrected chi connectivity index (χ0v) is 12.8. The molecule has 0 saturated heterocycles. The minimum absolute atomic E-state index is 0.402. The average molecular weight is 316 g/mol. The van der Waals surface area contributed by atoms with Crippen LogP contribution in [-0.4, -0.2) is 17.6 Å². The van der Waals surface area contributed by atoms with Crippen LogP contribution in [0.25, 0.3) is 0 Å². The van der Waals surface area contributed by atoms with Gasteiger partial charge in [-0.15, -0.1) is 22.7 Å². The molecule has 0 aromatic carbocycles. The summed E-state index contributed by atoms with van der Waals surface area (Å²) in [5, 5.41) is 12.3. The Morgan fingerprint density at radius 3 is 2.79 bits per heavy atom. The van der Waals surface area contributed by atoms with Crippen molar-refractivity contribution in [2.24, 2.45) is 0 Å². The van der Waals surface area contributed by atoms with E-state index in [1.165, 1.54) is 16.2 Å². The van der Waals surface area contributed by atoms with Crippen molar-refractivity contribution in [3.63, 3.8) is 0 Å². The standard InChI is InChI=1S/C13H14ClNO2S2/c1-8-9(6-11(18-8)13(16)17)7-15-5-4-10-2-3-12(14)19-10/h2-3,6,15H,4-5,7H2,1H3,(H,16,17). The molecule has 0 spiro atoms. The van der Waals surface area contributed by atoms with Gasteiger partial charge in [-0.3, -0.25) is 0 Å². The lowest BCUT2D eigenvalue weighted by Gasteiger charge is -2.03. The maximum Gasteiger partial charge on any atom is 0.345 e. The Kier molecular flexibility index (Phi) is 4.99. The second kappa shape index (κ2) is 6.52. The molecule has 0 unspecified atom stereocenters. The monoisotopic (exact) mass is 315 g/mol. The molecule has 0 aliphatic rings. The van der Waals surface area contributed by atoms with Gasteiger partial charge in [0.2, 0.25) is 0 Å². The number of hydrogen-bond acceptors (Lipinski definition) is 4. The first-order chi connectivity index (χ1) is 9.06. The third-order valence-electron chi connectivity index (χ3n) is 2.72. The van der Waals surface area contributed by atoms with Crippen molar-refractivity contribution < 1.29 is 9.90 Å². The molecule has 0 radical (unpaired) electrons. The van der Waals surface area contributed by atoms with Crippen LogP contribution in [-0.2, 0) is 13.0 Å². The van der Waals surface area contributed by atoms with Crippen LogP contribution in [0.3, 0.4) is 0 Å². The first-order valence-corrected chi connectivity index (χ1v) is 7.85. The molecule has 2 N–H and O–H groups in total. The highest BCUT2D eigenvalue weighted by Crippen LogP contribution is 2.22. The van der Waals surface area contributed by atoms with Crippen LogP contribution in [0.2, 0.25) is 4.34 Å². The van der Waals surface area contributed by atoms with Gasteiger partial charge in [0.1, 0.15) is 4.88 Å². The largest absolute Gasteiger partial charge is 0.477 e.